The molecule has 4 rings (SSSR count). The van der Waals surface area contributed by atoms with Crippen molar-refractivity contribution < 1.29 is 14.3 Å². The van der Waals surface area contributed by atoms with Crippen molar-refractivity contribution in [3.63, 3.8) is 0 Å². The quantitative estimate of drug-likeness (QED) is 0.650. The fraction of sp³-hybridized carbons (Fsp3) is 0.316. The summed E-state index contributed by atoms with van der Waals surface area (Å²) in [5, 5.41) is 16.8. The molecule has 1 atom stereocenters. The van der Waals surface area contributed by atoms with Gasteiger partial charge in [0.25, 0.3) is 5.91 Å². The number of H-pyrrole nitrogens is 1. The van der Waals surface area contributed by atoms with E-state index in [1.807, 2.05) is 0 Å². The summed E-state index contributed by atoms with van der Waals surface area (Å²) < 4.78 is 15.5. The van der Waals surface area contributed by atoms with Crippen LogP contribution in [0, 0.1) is 11.7 Å². The highest BCUT2D eigenvalue weighted by Gasteiger charge is 2.36. The average Bonchev–Trinajstić information content (AvgIpc) is 3.04. The summed E-state index contributed by atoms with van der Waals surface area (Å²) in [6.07, 6.45) is 5.46. The molecule has 0 bridgehead atoms. The molecule has 1 aromatic carbocycles. The molecule has 2 aromatic heterocycles. The molecule has 140 valence electrons. The fourth-order valence-electron chi connectivity index (χ4n) is 3.58. The predicted octanol–water partition coefficient (Wildman–Crippen LogP) is 1.64. The van der Waals surface area contributed by atoms with E-state index in [4.69, 9.17) is 0 Å². The van der Waals surface area contributed by atoms with Gasteiger partial charge in [0.2, 0.25) is 5.43 Å². The summed E-state index contributed by atoms with van der Waals surface area (Å²) in [6, 6.07) is 3.80. The Morgan fingerprint density at radius 2 is 2.22 bits per heavy atom. The number of carbonyl (C=O) groups excluding carboxylic acids is 1. The molecule has 3 N–H and O–H groups in total. The van der Waals surface area contributed by atoms with Gasteiger partial charge in [0, 0.05) is 30.4 Å². The van der Waals surface area contributed by atoms with E-state index in [1.54, 1.807) is 24.1 Å². The van der Waals surface area contributed by atoms with Crippen LogP contribution in [0.5, 0.6) is 0 Å². The number of nitrogens with zero attached hydrogens (tertiary/aromatic N) is 2. The fourth-order valence-corrected chi connectivity index (χ4v) is 3.58. The molecule has 7 nitrogen and oxygen atoms in total. The van der Waals surface area contributed by atoms with Crippen LogP contribution in [-0.2, 0) is 7.05 Å². The van der Waals surface area contributed by atoms with E-state index >= 15 is 0 Å². The van der Waals surface area contributed by atoms with Crippen molar-refractivity contribution in [2.24, 2.45) is 13.0 Å². The largest absolute Gasteiger partial charge is 0.393 e. The van der Waals surface area contributed by atoms with E-state index in [0.717, 1.165) is 5.56 Å². The summed E-state index contributed by atoms with van der Waals surface area (Å²) in [4.78, 5) is 28.1. The van der Waals surface area contributed by atoms with Crippen LogP contribution in [0.4, 0.5) is 4.39 Å². The second-order valence-electron chi connectivity index (χ2n) is 6.98. The maximum atomic E-state index is 13.8. The van der Waals surface area contributed by atoms with E-state index in [1.165, 1.54) is 24.4 Å². The molecule has 0 spiro atoms. The van der Waals surface area contributed by atoms with Crippen LogP contribution >= 0.6 is 0 Å². The van der Waals surface area contributed by atoms with Gasteiger partial charge in [-0.3, -0.25) is 14.3 Å². The Kier molecular flexibility index (Phi) is 4.27. The molecule has 0 saturated heterocycles. The molecule has 0 unspecified atom stereocenters. The van der Waals surface area contributed by atoms with Crippen molar-refractivity contribution in [3.8, 4) is 0 Å². The van der Waals surface area contributed by atoms with Crippen LogP contribution in [0.25, 0.3) is 10.9 Å². The van der Waals surface area contributed by atoms with Gasteiger partial charge >= 0.3 is 0 Å². The molecule has 1 saturated carbocycles. The van der Waals surface area contributed by atoms with E-state index in [0.29, 0.717) is 12.8 Å². The highest BCUT2D eigenvalue weighted by molar-refractivity contribution is 5.97. The summed E-state index contributed by atoms with van der Waals surface area (Å²) in [5.41, 5.74) is 0.275. The van der Waals surface area contributed by atoms with Gasteiger partial charge in [0.15, 0.2) is 0 Å². The predicted molar refractivity (Wildman–Crippen MR) is 96.7 cm³/mol. The Morgan fingerprint density at radius 3 is 2.89 bits per heavy atom. The molecule has 2 heterocycles. The van der Waals surface area contributed by atoms with Crippen molar-refractivity contribution in [3.05, 3.63) is 64.0 Å². The number of carbonyl (C=O) groups is 1. The first-order valence-electron chi connectivity index (χ1n) is 8.71. The monoisotopic (exact) mass is 370 g/mol. The molecule has 1 fully saturated rings. The summed E-state index contributed by atoms with van der Waals surface area (Å²) in [6.45, 7) is 0. The van der Waals surface area contributed by atoms with Crippen molar-refractivity contribution in [1.29, 1.82) is 0 Å². The third kappa shape index (κ3) is 3.12. The Morgan fingerprint density at radius 1 is 1.44 bits per heavy atom. The molecule has 3 aromatic rings. The minimum atomic E-state index is -0.548. The summed E-state index contributed by atoms with van der Waals surface area (Å²) in [5.74, 6) is -1.03. The first-order chi connectivity index (χ1) is 12.9. The Bertz CT molecular complexity index is 1070. The zero-order valence-electron chi connectivity index (χ0n) is 14.6. The standard InChI is InChI=1S/C19H19FN4O3/c1-24-9-11(7-22-24)16(10-5-12(25)6-10)23-19(27)14-8-21-17-13(18(14)26)3-2-4-15(17)20/h2-4,7-10,12,16,25H,5-6H2,1H3,(H,21,26)(H,23,27)/t10?,12?,16-/m0/s1. The molecule has 8 heteroatoms. The van der Waals surface area contributed by atoms with Crippen molar-refractivity contribution in [2.45, 2.75) is 25.0 Å². The lowest BCUT2D eigenvalue weighted by Crippen LogP contribution is -2.42. The maximum absolute atomic E-state index is 13.8. The molecule has 1 aliphatic carbocycles. The first kappa shape index (κ1) is 17.4. The van der Waals surface area contributed by atoms with Gasteiger partial charge in [-0.15, -0.1) is 0 Å². The lowest BCUT2D eigenvalue weighted by Gasteiger charge is -2.37. The maximum Gasteiger partial charge on any atom is 0.257 e. The number of benzene rings is 1. The SMILES string of the molecule is Cn1cc([C@@H](NC(=O)c2c[nH]c3c(F)cccc3c2=O)C2CC(O)C2)cn1. The number of hydrogen-bond donors (Lipinski definition) is 3. The van der Waals surface area contributed by atoms with Crippen LogP contribution in [0.15, 0.2) is 41.6 Å². The minimum Gasteiger partial charge on any atom is -0.393 e. The van der Waals surface area contributed by atoms with E-state index in [2.05, 4.69) is 15.4 Å². The van der Waals surface area contributed by atoms with Crippen LogP contribution in [0.2, 0.25) is 0 Å². The number of aromatic nitrogens is 3. The molecule has 1 amide bonds. The lowest BCUT2D eigenvalue weighted by atomic mass is 9.75. The average molecular weight is 370 g/mol. The van der Waals surface area contributed by atoms with Gasteiger partial charge in [-0.25, -0.2) is 4.39 Å². The van der Waals surface area contributed by atoms with Crippen LogP contribution in [0.3, 0.4) is 0 Å². The summed E-state index contributed by atoms with van der Waals surface area (Å²) >= 11 is 0. The zero-order chi connectivity index (χ0) is 19.1. The Balaban J connectivity index is 1.66. The highest BCUT2D eigenvalue weighted by Crippen LogP contribution is 2.38. The number of nitrogens with one attached hydrogen (secondary N) is 2. The first-order valence-corrected chi connectivity index (χ1v) is 8.71. The number of pyridine rings is 1. The second kappa shape index (κ2) is 6.62. The van der Waals surface area contributed by atoms with E-state index in [-0.39, 0.29) is 34.5 Å². The van der Waals surface area contributed by atoms with Crippen LogP contribution in [0.1, 0.15) is 34.8 Å². The van der Waals surface area contributed by atoms with Crippen molar-refractivity contribution in [1.82, 2.24) is 20.1 Å². The number of hydrogen-bond acceptors (Lipinski definition) is 4. The van der Waals surface area contributed by atoms with E-state index in [9.17, 15) is 19.1 Å². The van der Waals surface area contributed by atoms with Gasteiger partial charge in [-0.2, -0.15) is 5.10 Å². The van der Waals surface area contributed by atoms with E-state index < -0.39 is 17.2 Å². The number of para-hydroxylation sites is 1. The van der Waals surface area contributed by atoms with Gasteiger partial charge in [-0.05, 0) is 30.9 Å². The van der Waals surface area contributed by atoms with Crippen molar-refractivity contribution >= 4 is 16.8 Å². The number of aliphatic hydroxyl groups excluding tert-OH is 1. The number of halogens is 1. The van der Waals surface area contributed by atoms with Crippen molar-refractivity contribution in [2.75, 3.05) is 0 Å². The molecule has 0 radical (unpaired) electrons. The molecular formula is C19H19FN4O3. The molecule has 27 heavy (non-hydrogen) atoms. The van der Waals surface area contributed by atoms with Gasteiger partial charge < -0.3 is 15.4 Å². The van der Waals surface area contributed by atoms with Gasteiger partial charge in [0.1, 0.15) is 11.4 Å². The molecular weight excluding hydrogens is 351 g/mol. The molecule has 0 aliphatic heterocycles. The van der Waals surface area contributed by atoms with Crippen LogP contribution in [-0.4, -0.2) is 31.9 Å². The normalized spacial score (nSPS) is 20.3. The minimum absolute atomic E-state index is 0.0603. The third-order valence-electron chi connectivity index (χ3n) is 5.10. The number of fused-ring (bicyclic) bond motifs is 1. The topological polar surface area (TPSA) is 100 Å². The highest BCUT2D eigenvalue weighted by atomic mass is 19.1. The molecule has 1 aliphatic rings. The Hall–Kier alpha value is -3.00. The lowest BCUT2D eigenvalue weighted by molar-refractivity contribution is 0.0235. The number of rotatable bonds is 4. The van der Waals surface area contributed by atoms with Gasteiger partial charge in [0.05, 0.1) is 23.9 Å². The van der Waals surface area contributed by atoms with Gasteiger partial charge in [-0.1, -0.05) is 6.07 Å². The summed E-state index contributed by atoms with van der Waals surface area (Å²) in [7, 11) is 1.78. The Labute approximate surface area is 153 Å². The second-order valence-corrected chi connectivity index (χ2v) is 6.98. The zero-order valence-corrected chi connectivity index (χ0v) is 14.6. The number of aliphatic hydroxyl groups is 1. The smallest absolute Gasteiger partial charge is 0.257 e. The number of amides is 1. The third-order valence-corrected chi connectivity index (χ3v) is 5.10. The number of aryl methyl sites for hydroxylation is 1. The van der Waals surface area contributed by atoms with Crippen LogP contribution < -0.4 is 10.7 Å². The number of aromatic amines is 1.